The Morgan fingerprint density at radius 1 is 1.24 bits per heavy atom. The first-order chi connectivity index (χ1) is 14.0. The Hall–Kier alpha value is -3.74. The number of aromatic nitrogens is 2. The van der Waals surface area contributed by atoms with Crippen molar-refractivity contribution in [1.82, 2.24) is 9.97 Å². The zero-order chi connectivity index (χ0) is 20.8. The number of methoxy groups -OCH3 is 1. The maximum absolute atomic E-state index is 12.7. The average Bonchev–Trinajstić information content (AvgIpc) is 3.12. The summed E-state index contributed by atoms with van der Waals surface area (Å²) in [6.45, 7) is 6.78. The quantitative estimate of drug-likeness (QED) is 0.783. The number of ether oxygens (including phenoxy) is 1. The summed E-state index contributed by atoms with van der Waals surface area (Å²) >= 11 is 0. The van der Waals surface area contributed by atoms with Gasteiger partial charge in [-0.25, -0.2) is 14.8 Å². The molecule has 1 N–H and O–H groups in total. The number of allylic oxidation sites excluding steroid dienone is 4. The summed E-state index contributed by atoms with van der Waals surface area (Å²) < 4.78 is 4.67. The number of esters is 1. The smallest absolute Gasteiger partial charge is 0.337 e. The monoisotopic (exact) mass is 390 g/mol. The molecule has 148 valence electrons. The molecule has 1 aromatic heterocycles. The van der Waals surface area contributed by atoms with Gasteiger partial charge >= 0.3 is 5.97 Å². The number of nitrogens with zero attached hydrogens (tertiary/aromatic N) is 3. The van der Waals surface area contributed by atoms with Crippen LogP contribution < -0.4 is 10.2 Å². The molecule has 3 rings (SSSR count). The number of anilines is 2. The molecule has 0 saturated carbocycles. The lowest BCUT2D eigenvalue weighted by atomic mass is 10.1. The summed E-state index contributed by atoms with van der Waals surface area (Å²) in [5.41, 5.74) is 3.25. The number of benzene rings is 1. The molecule has 1 amide bonds. The predicted molar refractivity (Wildman–Crippen MR) is 112 cm³/mol. The summed E-state index contributed by atoms with van der Waals surface area (Å²) in [5, 5.41) is 2.86. The van der Waals surface area contributed by atoms with Gasteiger partial charge in [0.1, 0.15) is 12.0 Å². The summed E-state index contributed by atoms with van der Waals surface area (Å²) in [4.78, 5) is 34.7. The first-order valence-corrected chi connectivity index (χ1v) is 9.13. The Bertz CT molecular complexity index is 993. The maximum Gasteiger partial charge on any atom is 0.337 e. The van der Waals surface area contributed by atoms with Crippen molar-refractivity contribution in [2.45, 2.75) is 13.3 Å². The van der Waals surface area contributed by atoms with Crippen molar-refractivity contribution < 1.29 is 14.3 Å². The van der Waals surface area contributed by atoms with Crippen LogP contribution in [0.4, 0.5) is 11.5 Å². The van der Waals surface area contributed by atoms with Crippen molar-refractivity contribution in [2.75, 3.05) is 23.9 Å². The van der Waals surface area contributed by atoms with E-state index in [9.17, 15) is 9.59 Å². The molecule has 0 radical (unpaired) electrons. The molecule has 7 heteroatoms. The molecular weight excluding hydrogens is 368 g/mol. The van der Waals surface area contributed by atoms with Crippen molar-refractivity contribution in [2.24, 2.45) is 0 Å². The van der Waals surface area contributed by atoms with Crippen molar-refractivity contribution in [3.05, 3.63) is 84.0 Å². The first-order valence-electron chi connectivity index (χ1n) is 9.13. The van der Waals surface area contributed by atoms with Crippen molar-refractivity contribution in [3.8, 4) is 0 Å². The largest absolute Gasteiger partial charge is 0.465 e. The lowest BCUT2D eigenvalue weighted by Gasteiger charge is -2.21. The fraction of sp³-hybridized carbons (Fsp3) is 0.182. The Morgan fingerprint density at radius 2 is 1.97 bits per heavy atom. The highest BCUT2D eigenvalue weighted by Crippen LogP contribution is 2.34. The van der Waals surface area contributed by atoms with Gasteiger partial charge in [-0.05, 0) is 49.3 Å². The van der Waals surface area contributed by atoms with Gasteiger partial charge in [0.05, 0.1) is 18.9 Å². The van der Waals surface area contributed by atoms with Gasteiger partial charge in [-0.15, -0.1) is 0 Å². The van der Waals surface area contributed by atoms with Crippen LogP contribution in [0.1, 0.15) is 34.1 Å². The highest BCUT2D eigenvalue weighted by Gasteiger charge is 2.25. The third kappa shape index (κ3) is 4.40. The Morgan fingerprint density at radius 3 is 2.66 bits per heavy atom. The van der Waals surface area contributed by atoms with Gasteiger partial charge < -0.3 is 15.0 Å². The van der Waals surface area contributed by atoms with Crippen LogP contribution in [0.15, 0.2) is 72.9 Å². The fourth-order valence-corrected chi connectivity index (χ4v) is 3.00. The van der Waals surface area contributed by atoms with Gasteiger partial charge in [0.15, 0.2) is 5.82 Å². The van der Waals surface area contributed by atoms with Crippen molar-refractivity contribution in [1.29, 1.82) is 0 Å². The van der Waals surface area contributed by atoms with Gasteiger partial charge in [0.25, 0.3) is 5.91 Å². The topological polar surface area (TPSA) is 84.4 Å². The zero-order valence-corrected chi connectivity index (χ0v) is 16.4. The Kier molecular flexibility index (Phi) is 6.19. The molecule has 1 aliphatic heterocycles. The van der Waals surface area contributed by atoms with Crippen LogP contribution in [0.3, 0.4) is 0 Å². The first kappa shape index (κ1) is 20.0. The average molecular weight is 390 g/mol. The minimum Gasteiger partial charge on any atom is -0.465 e. The van der Waals surface area contributed by atoms with E-state index in [1.807, 2.05) is 30.1 Å². The molecule has 0 unspecified atom stereocenters. The van der Waals surface area contributed by atoms with E-state index in [1.165, 1.54) is 13.4 Å². The van der Waals surface area contributed by atoms with Crippen LogP contribution in [0, 0.1) is 0 Å². The third-order valence-electron chi connectivity index (χ3n) is 4.50. The number of carbonyl (C=O) groups is 2. The van der Waals surface area contributed by atoms with Crippen LogP contribution >= 0.6 is 0 Å². The number of rotatable bonds is 5. The summed E-state index contributed by atoms with van der Waals surface area (Å²) in [6.07, 6.45) is 9.70. The van der Waals surface area contributed by atoms with Crippen LogP contribution in [-0.2, 0) is 4.74 Å². The fourth-order valence-electron chi connectivity index (χ4n) is 3.00. The van der Waals surface area contributed by atoms with Crippen LogP contribution in [-0.4, -0.2) is 35.5 Å². The van der Waals surface area contributed by atoms with Gasteiger partial charge in [0.2, 0.25) is 0 Å². The van der Waals surface area contributed by atoms with Crippen molar-refractivity contribution >= 4 is 23.4 Å². The van der Waals surface area contributed by atoms with Gasteiger partial charge in [-0.1, -0.05) is 18.7 Å². The van der Waals surface area contributed by atoms with E-state index in [1.54, 1.807) is 30.5 Å². The molecule has 1 saturated heterocycles. The second-order valence-electron chi connectivity index (χ2n) is 6.37. The number of carbonyl (C=O) groups excluding carboxylic acids is 2. The minimum absolute atomic E-state index is 0.325. The number of amides is 1. The van der Waals surface area contributed by atoms with E-state index >= 15 is 0 Å². The van der Waals surface area contributed by atoms with E-state index in [0.717, 1.165) is 24.2 Å². The third-order valence-corrected chi connectivity index (χ3v) is 4.50. The summed E-state index contributed by atoms with van der Waals surface area (Å²) in [5.74, 6) is -0.172. The molecule has 7 nitrogen and oxygen atoms in total. The lowest BCUT2D eigenvalue weighted by Crippen LogP contribution is -2.21. The molecule has 0 aliphatic carbocycles. The second-order valence-corrected chi connectivity index (χ2v) is 6.37. The van der Waals surface area contributed by atoms with Crippen LogP contribution in [0.5, 0.6) is 0 Å². The van der Waals surface area contributed by atoms with E-state index in [-0.39, 0.29) is 5.91 Å². The minimum atomic E-state index is -0.453. The molecule has 1 aliphatic rings. The molecule has 29 heavy (non-hydrogen) atoms. The molecule has 0 bridgehead atoms. The van der Waals surface area contributed by atoms with Gasteiger partial charge in [-0.2, -0.15) is 0 Å². The van der Waals surface area contributed by atoms with Crippen LogP contribution in [0.2, 0.25) is 0 Å². The SMILES string of the molecule is C=C1CCN(c2ncncc2NC(=O)c2ccc(C(=O)OC)cc2)/C1=C/C=C\C. The highest BCUT2D eigenvalue weighted by atomic mass is 16.5. The zero-order valence-electron chi connectivity index (χ0n) is 16.4. The number of hydrogen-bond acceptors (Lipinski definition) is 6. The standard InChI is InChI=1S/C22H22N4O3/c1-4-5-6-19-15(2)11-12-26(19)20-18(13-23-14-24-20)25-21(27)16-7-9-17(10-8-16)22(28)29-3/h4-10,13-14H,2,11-12H2,1,3H3,(H,25,27)/b5-4-,19-6+. The molecule has 2 heterocycles. The van der Waals surface area contributed by atoms with Gasteiger partial charge in [-0.3, -0.25) is 4.79 Å². The predicted octanol–water partition coefficient (Wildman–Crippen LogP) is 3.74. The summed E-state index contributed by atoms with van der Waals surface area (Å²) in [6, 6.07) is 6.23. The molecule has 1 fully saturated rings. The van der Waals surface area contributed by atoms with Crippen LogP contribution in [0.25, 0.3) is 0 Å². The van der Waals surface area contributed by atoms with E-state index in [0.29, 0.717) is 22.6 Å². The molecular formula is C22H22N4O3. The maximum atomic E-state index is 12.7. The highest BCUT2D eigenvalue weighted by molar-refractivity contribution is 6.06. The van der Waals surface area contributed by atoms with E-state index < -0.39 is 5.97 Å². The molecule has 0 spiro atoms. The molecule has 2 aromatic rings. The van der Waals surface area contributed by atoms with E-state index in [4.69, 9.17) is 0 Å². The number of hydrogen-bond donors (Lipinski definition) is 1. The lowest BCUT2D eigenvalue weighted by molar-refractivity contribution is 0.0600. The summed E-state index contributed by atoms with van der Waals surface area (Å²) in [7, 11) is 1.31. The molecule has 1 aromatic carbocycles. The Balaban J connectivity index is 1.85. The van der Waals surface area contributed by atoms with E-state index in [2.05, 4.69) is 26.6 Å². The Labute approximate surface area is 169 Å². The van der Waals surface area contributed by atoms with Gasteiger partial charge in [0, 0.05) is 17.8 Å². The van der Waals surface area contributed by atoms with Crippen molar-refractivity contribution in [3.63, 3.8) is 0 Å². The molecule has 0 atom stereocenters. The second kappa shape index (κ2) is 8.97. The number of nitrogens with one attached hydrogen (secondary N) is 1. The normalized spacial score (nSPS) is 15.2.